The van der Waals surface area contributed by atoms with Crippen LogP contribution in [0, 0.1) is 6.92 Å². The van der Waals surface area contributed by atoms with E-state index in [1.54, 1.807) is 24.8 Å². The summed E-state index contributed by atoms with van der Waals surface area (Å²) in [7, 11) is 0. The van der Waals surface area contributed by atoms with E-state index < -0.39 is 5.97 Å². The van der Waals surface area contributed by atoms with Crippen molar-refractivity contribution in [3.05, 3.63) is 47.4 Å². The maximum absolute atomic E-state index is 10.9. The Balaban J connectivity index is 2.10. The summed E-state index contributed by atoms with van der Waals surface area (Å²) >= 11 is 1.59. The van der Waals surface area contributed by atoms with Crippen LogP contribution >= 0.6 is 11.8 Å². The molecular weight excluding hydrogens is 264 g/mol. The van der Waals surface area contributed by atoms with Gasteiger partial charge in [0.05, 0.1) is 0 Å². The second kappa shape index (κ2) is 5.84. The molecule has 4 nitrogen and oxygen atoms in total. The Kier molecular flexibility index (Phi) is 4.16. The Bertz CT molecular complexity index is 589. The molecule has 0 spiro atoms. The minimum atomic E-state index is -1.06. The Morgan fingerprint density at radius 3 is 2.79 bits per heavy atom. The fourth-order valence-corrected chi connectivity index (χ4v) is 2.26. The highest BCUT2D eigenvalue weighted by atomic mass is 32.2. The maximum Gasteiger partial charge on any atom is 0.372 e. The Morgan fingerprint density at radius 1 is 1.42 bits per heavy atom. The minimum absolute atomic E-state index is 0.0308. The van der Waals surface area contributed by atoms with Crippen LogP contribution in [0.4, 0.5) is 0 Å². The summed E-state index contributed by atoms with van der Waals surface area (Å²) in [4.78, 5) is 11.9. The second-order valence-electron chi connectivity index (χ2n) is 3.97. The zero-order valence-electron chi connectivity index (χ0n) is 10.7. The van der Waals surface area contributed by atoms with E-state index in [1.807, 2.05) is 30.5 Å². The molecule has 2 rings (SSSR count). The molecule has 0 atom stereocenters. The number of ether oxygens (including phenoxy) is 1. The lowest BCUT2D eigenvalue weighted by molar-refractivity contribution is 0.0657. The van der Waals surface area contributed by atoms with Crippen LogP contribution in [-0.4, -0.2) is 17.3 Å². The number of carboxylic acids is 1. The van der Waals surface area contributed by atoms with Crippen molar-refractivity contribution in [2.45, 2.75) is 18.4 Å². The van der Waals surface area contributed by atoms with Gasteiger partial charge in [0.1, 0.15) is 18.1 Å². The Morgan fingerprint density at radius 2 is 2.16 bits per heavy atom. The van der Waals surface area contributed by atoms with Crippen molar-refractivity contribution in [3.63, 3.8) is 0 Å². The number of benzene rings is 1. The first kappa shape index (κ1) is 13.5. The summed E-state index contributed by atoms with van der Waals surface area (Å²) in [6.45, 7) is 1.91. The van der Waals surface area contributed by atoms with Crippen molar-refractivity contribution >= 4 is 17.7 Å². The quantitative estimate of drug-likeness (QED) is 0.847. The second-order valence-corrected chi connectivity index (χ2v) is 4.82. The van der Waals surface area contributed by atoms with Gasteiger partial charge in [0.25, 0.3) is 0 Å². The highest BCUT2D eigenvalue weighted by molar-refractivity contribution is 7.98. The zero-order valence-corrected chi connectivity index (χ0v) is 11.5. The monoisotopic (exact) mass is 278 g/mol. The van der Waals surface area contributed by atoms with Crippen molar-refractivity contribution in [3.8, 4) is 5.75 Å². The lowest BCUT2D eigenvalue weighted by Crippen LogP contribution is -1.96. The minimum Gasteiger partial charge on any atom is -0.484 e. The summed E-state index contributed by atoms with van der Waals surface area (Å²) < 4.78 is 10.9. The summed E-state index contributed by atoms with van der Waals surface area (Å²) in [6, 6.07) is 9.37. The van der Waals surface area contributed by atoms with E-state index in [4.69, 9.17) is 14.3 Å². The van der Waals surface area contributed by atoms with Crippen LogP contribution in [-0.2, 0) is 6.61 Å². The molecule has 0 amide bonds. The number of carboxylic acid groups (broad SMARTS) is 1. The average molecular weight is 278 g/mol. The van der Waals surface area contributed by atoms with E-state index in [1.165, 1.54) is 0 Å². The number of aromatic carboxylic acids is 1. The normalized spacial score (nSPS) is 10.4. The first-order chi connectivity index (χ1) is 9.11. The third-order valence-corrected chi connectivity index (χ3v) is 3.38. The number of hydrogen-bond donors (Lipinski definition) is 1. The first-order valence-electron chi connectivity index (χ1n) is 5.70. The lowest BCUT2D eigenvalue weighted by Gasteiger charge is -2.07. The molecule has 0 aliphatic heterocycles. The number of thioether (sulfide) groups is 1. The van der Waals surface area contributed by atoms with E-state index in [-0.39, 0.29) is 12.4 Å². The van der Waals surface area contributed by atoms with Crippen LogP contribution in [0.2, 0.25) is 0 Å². The molecule has 1 aromatic carbocycles. The molecule has 19 heavy (non-hydrogen) atoms. The molecule has 5 heteroatoms. The molecule has 0 saturated carbocycles. The van der Waals surface area contributed by atoms with Gasteiger partial charge in [-0.05, 0) is 31.4 Å². The molecule has 2 aromatic rings. The van der Waals surface area contributed by atoms with Gasteiger partial charge in [0.2, 0.25) is 5.76 Å². The van der Waals surface area contributed by atoms with Crippen LogP contribution in [0.1, 0.15) is 21.9 Å². The number of para-hydroxylation sites is 1. The van der Waals surface area contributed by atoms with Gasteiger partial charge < -0.3 is 14.3 Å². The molecule has 1 N–H and O–H groups in total. The van der Waals surface area contributed by atoms with E-state index in [2.05, 4.69) is 0 Å². The molecule has 0 bridgehead atoms. The predicted octanol–water partition coefficient (Wildman–Crippen LogP) is 3.59. The molecule has 1 heterocycles. The highest BCUT2D eigenvalue weighted by Gasteiger charge is 2.14. The van der Waals surface area contributed by atoms with Crippen molar-refractivity contribution in [1.29, 1.82) is 0 Å². The summed E-state index contributed by atoms with van der Waals surface area (Å²) in [5, 5.41) is 8.91. The first-order valence-corrected chi connectivity index (χ1v) is 6.92. The van der Waals surface area contributed by atoms with Crippen LogP contribution in [0.5, 0.6) is 5.75 Å². The van der Waals surface area contributed by atoms with Gasteiger partial charge in [0, 0.05) is 10.5 Å². The molecule has 100 valence electrons. The summed E-state index contributed by atoms with van der Waals surface area (Å²) in [6.07, 6.45) is 1.97. The van der Waals surface area contributed by atoms with Gasteiger partial charge in [-0.3, -0.25) is 0 Å². The largest absolute Gasteiger partial charge is 0.484 e. The Labute approximate surface area is 115 Å². The summed E-state index contributed by atoms with van der Waals surface area (Å²) in [5.41, 5.74) is 0.601. The van der Waals surface area contributed by atoms with Crippen LogP contribution in [0.3, 0.4) is 0 Å². The van der Waals surface area contributed by atoms with Gasteiger partial charge in [-0.2, -0.15) is 0 Å². The van der Waals surface area contributed by atoms with E-state index in [9.17, 15) is 4.79 Å². The zero-order chi connectivity index (χ0) is 13.8. The molecule has 1 aromatic heterocycles. The molecule has 0 radical (unpaired) electrons. The van der Waals surface area contributed by atoms with Crippen molar-refractivity contribution < 1.29 is 19.1 Å². The fraction of sp³-hybridized carbons (Fsp3) is 0.214. The maximum atomic E-state index is 10.9. The topological polar surface area (TPSA) is 59.7 Å². The van der Waals surface area contributed by atoms with Crippen molar-refractivity contribution in [2.75, 3.05) is 6.26 Å². The smallest absolute Gasteiger partial charge is 0.372 e. The standard InChI is InChI=1S/C14H14O4S/c1-9-7-10(18-13(9)14(15)16)8-17-11-5-3-4-6-12(11)19-2/h3-7H,8H2,1-2H3,(H,15,16). The van der Waals surface area contributed by atoms with Gasteiger partial charge in [-0.25, -0.2) is 4.79 Å². The molecule has 0 aliphatic carbocycles. The molecule has 0 saturated heterocycles. The Hall–Kier alpha value is -1.88. The van der Waals surface area contributed by atoms with Gasteiger partial charge in [-0.15, -0.1) is 11.8 Å². The number of rotatable bonds is 5. The number of carbonyl (C=O) groups is 1. The van der Waals surface area contributed by atoms with Crippen LogP contribution in [0.25, 0.3) is 0 Å². The fourth-order valence-electron chi connectivity index (χ4n) is 1.72. The van der Waals surface area contributed by atoms with Crippen molar-refractivity contribution in [2.24, 2.45) is 0 Å². The average Bonchev–Trinajstić information content (AvgIpc) is 2.78. The van der Waals surface area contributed by atoms with Crippen molar-refractivity contribution in [1.82, 2.24) is 0 Å². The van der Waals surface area contributed by atoms with E-state index in [0.29, 0.717) is 11.3 Å². The summed E-state index contributed by atoms with van der Waals surface area (Å²) in [5.74, 6) is 0.178. The number of aryl methyl sites for hydroxylation is 1. The molecular formula is C14H14O4S. The molecule has 0 aliphatic rings. The van der Waals surface area contributed by atoms with E-state index in [0.717, 1.165) is 10.6 Å². The van der Waals surface area contributed by atoms with Gasteiger partial charge in [-0.1, -0.05) is 12.1 Å². The number of hydrogen-bond acceptors (Lipinski definition) is 4. The van der Waals surface area contributed by atoms with Crippen LogP contribution < -0.4 is 4.74 Å². The number of furan rings is 1. The van der Waals surface area contributed by atoms with Gasteiger partial charge in [0.15, 0.2) is 0 Å². The third-order valence-electron chi connectivity index (χ3n) is 2.60. The predicted molar refractivity (Wildman–Crippen MR) is 73.0 cm³/mol. The highest BCUT2D eigenvalue weighted by Crippen LogP contribution is 2.28. The lowest BCUT2D eigenvalue weighted by atomic mass is 10.3. The third kappa shape index (κ3) is 3.12. The molecule has 0 fully saturated rings. The molecule has 0 unspecified atom stereocenters. The van der Waals surface area contributed by atoms with E-state index >= 15 is 0 Å². The van der Waals surface area contributed by atoms with Crippen LogP contribution in [0.15, 0.2) is 39.6 Å². The van der Waals surface area contributed by atoms with Gasteiger partial charge >= 0.3 is 5.97 Å². The SMILES string of the molecule is CSc1ccccc1OCc1cc(C)c(C(=O)O)o1.